The molecule has 1 atom stereocenters. The summed E-state index contributed by atoms with van der Waals surface area (Å²) in [4.78, 5) is 12.4. The van der Waals surface area contributed by atoms with E-state index < -0.39 is 6.10 Å². The highest BCUT2D eigenvalue weighted by molar-refractivity contribution is 7.16. The minimum absolute atomic E-state index is 0.174. The van der Waals surface area contributed by atoms with Gasteiger partial charge in [-0.3, -0.25) is 4.79 Å². The average Bonchev–Trinajstić information content (AvgIpc) is 2.63. The van der Waals surface area contributed by atoms with E-state index in [1.807, 2.05) is 6.07 Å². The topological polar surface area (TPSA) is 64.3 Å². The summed E-state index contributed by atoms with van der Waals surface area (Å²) in [5.74, 6) is -0.204. The Morgan fingerprint density at radius 2 is 2.47 bits per heavy atom. The van der Waals surface area contributed by atoms with Crippen LogP contribution in [0.25, 0.3) is 0 Å². The van der Waals surface area contributed by atoms with Crippen molar-refractivity contribution in [1.82, 2.24) is 5.32 Å². The smallest absolute Gasteiger partial charge is 0.250 e. The van der Waals surface area contributed by atoms with Crippen LogP contribution in [-0.2, 0) is 16.1 Å². The molecule has 6 heteroatoms. The molecule has 0 aliphatic carbocycles. The highest BCUT2D eigenvalue weighted by Gasteiger charge is 2.14. The van der Waals surface area contributed by atoms with Crippen molar-refractivity contribution >= 4 is 28.8 Å². The molecule has 0 aromatic carbocycles. The van der Waals surface area contributed by atoms with Crippen molar-refractivity contribution < 1.29 is 9.53 Å². The van der Waals surface area contributed by atoms with Gasteiger partial charge in [-0.05, 0) is 12.1 Å². The van der Waals surface area contributed by atoms with Crippen molar-refractivity contribution in [3.63, 3.8) is 0 Å². The van der Waals surface area contributed by atoms with E-state index in [-0.39, 0.29) is 12.5 Å². The molecule has 4 nitrogen and oxygen atoms in total. The number of hydrogen-bond donors (Lipinski definition) is 2. The SMILES string of the molecule is COC(CN)C(=O)NCc1ccc(Cl)s1. The molecule has 1 heterocycles. The molecule has 1 aromatic rings. The normalized spacial score (nSPS) is 12.5. The number of carbonyl (C=O) groups is 1. The van der Waals surface area contributed by atoms with Gasteiger partial charge in [-0.2, -0.15) is 0 Å². The second-order valence-corrected chi connectivity index (χ2v) is 4.68. The Hall–Kier alpha value is -0.620. The quantitative estimate of drug-likeness (QED) is 0.817. The molecule has 0 fully saturated rings. The molecule has 0 saturated carbocycles. The van der Waals surface area contributed by atoms with Crippen LogP contribution >= 0.6 is 22.9 Å². The first kappa shape index (κ1) is 12.4. The Balaban J connectivity index is 2.40. The lowest BCUT2D eigenvalue weighted by atomic mass is 10.3. The standard InChI is InChI=1S/C9H13ClN2O2S/c1-14-7(4-11)9(13)12-5-6-2-3-8(10)15-6/h2-3,7H,4-5,11H2,1H3,(H,12,13). The van der Waals surface area contributed by atoms with Crippen LogP contribution in [0, 0.1) is 0 Å². The second-order valence-electron chi connectivity index (χ2n) is 2.88. The number of carbonyl (C=O) groups excluding carboxylic acids is 1. The lowest BCUT2D eigenvalue weighted by Crippen LogP contribution is -2.40. The number of nitrogens with one attached hydrogen (secondary N) is 1. The van der Waals surface area contributed by atoms with Crippen LogP contribution in [0.4, 0.5) is 0 Å². The maximum atomic E-state index is 11.4. The third kappa shape index (κ3) is 3.79. The molecule has 1 unspecified atom stereocenters. The van der Waals surface area contributed by atoms with Crippen LogP contribution in [0.15, 0.2) is 12.1 Å². The zero-order valence-corrected chi connectivity index (χ0v) is 9.90. The van der Waals surface area contributed by atoms with E-state index in [1.54, 1.807) is 6.07 Å². The van der Waals surface area contributed by atoms with Gasteiger partial charge in [0.15, 0.2) is 0 Å². The summed E-state index contributed by atoms with van der Waals surface area (Å²) in [6, 6.07) is 3.67. The number of amides is 1. The fourth-order valence-electron chi connectivity index (χ4n) is 1.05. The van der Waals surface area contributed by atoms with Crippen LogP contribution in [0.3, 0.4) is 0 Å². The number of thiophene rings is 1. The third-order valence-corrected chi connectivity index (χ3v) is 3.09. The summed E-state index contributed by atoms with van der Waals surface area (Å²) in [6.45, 7) is 0.629. The van der Waals surface area contributed by atoms with Gasteiger partial charge in [-0.25, -0.2) is 0 Å². The van der Waals surface area contributed by atoms with E-state index in [1.165, 1.54) is 18.4 Å². The van der Waals surface area contributed by atoms with Crippen LogP contribution < -0.4 is 11.1 Å². The van der Waals surface area contributed by atoms with Gasteiger partial charge >= 0.3 is 0 Å². The van der Waals surface area contributed by atoms with Gasteiger partial charge in [-0.15, -0.1) is 11.3 Å². The summed E-state index contributed by atoms with van der Waals surface area (Å²) in [5.41, 5.74) is 5.35. The number of methoxy groups -OCH3 is 1. The summed E-state index contributed by atoms with van der Waals surface area (Å²) < 4.78 is 5.60. The lowest BCUT2D eigenvalue weighted by molar-refractivity contribution is -0.130. The van der Waals surface area contributed by atoms with E-state index in [0.717, 1.165) is 4.88 Å². The maximum Gasteiger partial charge on any atom is 0.250 e. The van der Waals surface area contributed by atoms with Crippen molar-refractivity contribution in [3.8, 4) is 0 Å². The van der Waals surface area contributed by atoms with Gasteiger partial charge in [0.05, 0.1) is 10.9 Å². The van der Waals surface area contributed by atoms with Crippen molar-refractivity contribution in [1.29, 1.82) is 0 Å². The van der Waals surface area contributed by atoms with E-state index in [2.05, 4.69) is 5.32 Å². The minimum Gasteiger partial charge on any atom is -0.370 e. The molecular formula is C9H13ClN2O2S. The zero-order chi connectivity index (χ0) is 11.3. The molecule has 3 N–H and O–H groups in total. The predicted octanol–water partition coefficient (Wildman–Crippen LogP) is 0.991. The molecular weight excluding hydrogens is 236 g/mol. The zero-order valence-electron chi connectivity index (χ0n) is 8.33. The Morgan fingerprint density at radius 3 is 2.93 bits per heavy atom. The van der Waals surface area contributed by atoms with Crippen molar-refractivity contribution in [2.45, 2.75) is 12.6 Å². The van der Waals surface area contributed by atoms with Gasteiger partial charge in [-0.1, -0.05) is 11.6 Å². The summed E-state index contributed by atoms with van der Waals surface area (Å²) in [6.07, 6.45) is -0.583. The molecule has 0 radical (unpaired) electrons. The van der Waals surface area contributed by atoms with Crippen molar-refractivity contribution in [2.75, 3.05) is 13.7 Å². The Morgan fingerprint density at radius 1 is 1.73 bits per heavy atom. The molecule has 1 amide bonds. The van der Waals surface area contributed by atoms with Gasteiger partial charge in [0.25, 0.3) is 5.91 Å². The molecule has 84 valence electrons. The Kier molecular flexibility index (Phi) is 5.04. The molecule has 0 saturated heterocycles. The number of rotatable bonds is 5. The van der Waals surface area contributed by atoms with E-state index in [4.69, 9.17) is 22.1 Å². The van der Waals surface area contributed by atoms with Gasteiger partial charge in [0, 0.05) is 18.5 Å². The molecule has 1 rings (SSSR count). The molecule has 0 aliphatic heterocycles. The van der Waals surface area contributed by atoms with Gasteiger partial charge < -0.3 is 15.8 Å². The van der Waals surface area contributed by atoms with Crippen LogP contribution in [-0.4, -0.2) is 25.7 Å². The highest BCUT2D eigenvalue weighted by Crippen LogP contribution is 2.20. The van der Waals surface area contributed by atoms with Crippen LogP contribution in [0.5, 0.6) is 0 Å². The Labute approximate surface area is 97.4 Å². The van der Waals surface area contributed by atoms with Crippen LogP contribution in [0.1, 0.15) is 4.88 Å². The van der Waals surface area contributed by atoms with Crippen molar-refractivity contribution in [3.05, 3.63) is 21.3 Å². The monoisotopic (exact) mass is 248 g/mol. The number of hydrogen-bond acceptors (Lipinski definition) is 4. The molecule has 0 aliphatic rings. The molecule has 1 aromatic heterocycles. The van der Waals surface area contributed by atoms with E-state index in [0.29, 0.717) is 10.9 Å². The number of halogens is 1. The fourth-order valence-corrected chi connectivity index (χ4v) is 2.07. The first-order chi connectivity index (χ1) is 7.17. The second kappa shape index (κ2) is 6.07. The minimum atomic E-state index is -0.583. The fraction of sp³-hybridized carbons (Fsp3) is 0.444. The van der Waals surface area contributed by atoms with Crippen molar-refractivity contribution in [2.24, 2.45) is 5.73 Å². The molecule has 0 spiro atoms. The number of ether oxygens (including phenoxy) is 1. The number of nitrogens with two attached hydrogens (primary N) is 1. The first-order valence-electron chi connectivity index (χ1n) is 4.42. The molecule has 15 heavy (non-hydrogen) atoms. The maximum absolute atomic E-state index is 11.4. The lowest BCUT2D eigenvalue weighted by Gasteiger charge is -2.12. The summed E-state index contributed by atoms with van der Waals surface area (Å²) in [5, 5.41) is 2.72. The van der Waals surface area contributed by atoms with Crippen LogP contribution in [0.2, 0.25) is 4.34 Å². The first-order valence-corrected chi connectivity index (χ1v) is 5.61. The average molecular weight is 249 g/mol. The largest absolute Gasteiger partial charge is 0.370 e. The van der Waals surface area contributed by atoms with E-state index in [9.17, 15) is 4.79 Å². The highest BCUT2D eigenvalue weighted by atomic mass is 35.5. The van der Waals surface area contributed by atoms with E-state index >= 15 is 0 Å². The summed E-state index contributed by atoms with van der Waals surface area (Å²) >= 11 is 7.19. The summed E-state index contributed by atoms with van der Waals surface area (Å²) in [7, 11) is 1.46. The molecule has 0 bridgehead atoms. The van der Waals surface area contributed by atoms with Gasteiger partial charge in [0.1, 0.15) is 6.10 Å². The van der Waals surface area contributed by atoms with Gasteiger partial charge in [0.2, 0.25) is 0 Å². The predicted molar refractivity (Wildman–Crippen MR) is 61.0 cm³/mol. The Bertz CT molecular complexity index is 326. The third-order valence-electron chi connectivity index (χ3n) is 1.86.